The summed E-state index contributed by atoms with van der Waals surface area (Å²) < 4.78 is 2.18. The van der Waals surface area contributed by atoms with Gasteiger partial charge < -0.3 is 9.88 Å². The molecule has 4 nitrogen and oxygen atoms in total. The van der Waals surface area contributed by atoms with Crippen molar-refractivity contribution >= 4 is 16.9 Å². The van der Waals surface area contributed by atoms with Gasteiger partial charge in [-0.05, 0) is 43.9 Å². The molecule has 1 heterocycles. The van der Waals surface area contributed by atoms with Crippen LogP contribution in [-0.4, -0.2) is 21.5 Å². The fraction of sp³-hybridized carbons (Fsp3) is 0.556. The van der Waals surface area contributed by atoms with E-state index in [0.717, 1.165) is 29.4 Å². The molecule has 2 fully saturated rings. The van der Waals surface area contributed by atoms with Crippen molar-refractivity contribution in [3.63, 3.8) is 0 Å². The fourth-order valence-electron chi connectivity index (χ4n) is 3.58. The molecule has 2 saturated carbocycles. The molecule has 0 saturated heterocycles. The Bertz CT molecular complexity index is 708. The van der Waals surface area contributed by atoms with E-state index in [1.165, 1.54) is 37.9 Å². The van der Waals surface area contributed by atoms with Crippen molar-refractivity contribution in [3.8, 4) is 0 Å². The van der Waals surface area contributed by atoms with Crippen molar-refractivity contribution in [3.05, 3.63) is 29.6 Å². The summed E-state index contributed by atoms with van der Waals surface area (Å²) in [7, 11) is 2.07. The highest BCUT2D eigenvalue weighted by Gasteiger charge is 2.28. The Labute approximate surface area is 130 Å². The van der Waals surface area contributed by atoms with E-state index < -0.39 is 0 Å². The predicted octanol–water partition coefficient (Wildman–Crippen LogP) is 3.51. The highest BCUT2D eigenvalue weighted by atomic mass is 16.1. The van der Waals surface area contributed by atoms with Gasteiger partial charge >= 0.3 is 0 Å². The van der Waals surface area contributed by atoms with Gasteiger partial charge in [0.1, 0.15) is 5.82 Å². The molecule has 0 radical (unpaired) electrons. The number of rotatable bonds is 3. The largest absolute Gasteiger partial charge is 0.349 e. The zero-order chi connectivity index (χ0) is 15.1. The van der Waals surface area contributed by atoms with Gasteiger partial charge in [0.2, 0.25) is 0 Å². The molecule has 4 heteroatoms. The van der Waals surface area contributed by atoms with Gasteiger partial charge in [-0.1, -0.05) is 19.3 Å². The summed E-state index contributed by atoms with van der Waals surface area (Å²) in [6.45, 7) is 0. The molecule has 22 heavy (non-hydrogen) atoms. The number of benzene rings is 1. The molecule has 4 rings (SSSR count). The van der Waals surface area contributed by atoms with E-state index in [0.29, 0.717) is 12.0 Å². The molecule has 2 aromatic rings. The molecular weight excluding hydrogens is 274 g/mol. The van der Waals surface area contributed by atoms with Crippen LogP contribution in [0.25, 0.3) is 11.0 Å². The Hall–Kier alpha value is -1.84. The zero-order valence-corrected chi connectivity index (χ0v) is 13.1. The lowest BCUT2D eigenvalue weighted by Crippen LogP contribution is -2.36. The SMILES string of the molecule is Cn1c(C2CC2)nc2cc(C(=O)NC3CCCCC3)ccc21. The summed E-state index contributed by atoms with van der Waals surface area (Å²) in [5.74, 6) is 1.84. The van der Waals surface area contributed by atoms with Crippen LogP contribution in [0, 0.1) is 0 Å². The third-order valence-electron chi connectivity index (χ3n) is 5.06. The van der Waals surface area contributed by atoms with E-state index in [9.17, 15) is 4.79 Å². The fourth-order valence-corrected chi connectivity index (χ4v) is 3.58. The molecule has 1 aromatic heterocycles. The Morgan fingerprint density at radius 1 is 1.18 bits per heavy atom. The molecule has 0 atom stereocenters. The number of hydrogen-bond acceptors (Lipinski definition) is 2. The normalized spacial score (nSPS) is 19.5. The maximum Gasteiger partial charge on any atom is 0.251 e. The first-order valence-corrected chi connectivity index (χ1v) is 8.49. The molecule has 1 amide bonds. The molecule has 0 spiro atoms. The Kier molecular flexibility index (Phi) is 3.40. The monoisotopic (exact) mass is 297 g/mol. The first-order chi connectivity index (χ1) is 10.7. The smallest absolute Gasteiger partial charge is 0.251 e. The summed E-state index contributed by atoms with van der Waals surface area (Å²) in [5, 5.41) is 3.18. The van der Waals surface area contributed by atoms with Crippen LogP contribution >= 0.6 is 0 Å². The van der Waals surface area contributed by atoms with Crippen molar-refractivity contribution in [1.29, 1.82) is 0 Å². The second-order valence-electron chi connectivity index (χ2n) is 6.82. The van der Waals surface area contributed by atoms with Crippen molar-refractivity contribution in [2.75, 3.05) is 0 Å². The van der Waals surface area contributed by atoms with E-state index in [1.807, 2.05) is 18.2 Å². The van der Waals surface area contributed by atoms with Crippen LogP contribution in [0.1, 0.15) is 67.0 Å². The molecule has 1 N–H and O–H groups in total. The van der Waals surface area contributed by atoms with Crippen molar-refractivity contribution in [2.45, 2.75) is 56.9 Å². The third-order valence-corrected chi connectivity index (χ3v) is 5.06. The molecule has 0 aliphatic heterocycles. The van der Waals surface area contributed by atoms with E-state index in [4.69, 9.17) is 4.98 Å². The summed E-state index contributed by atoms with van der Waals surface area (Å²) in [5.41, 5.74) is 2.80. The lowest BCUT2D eigenvalue weighted by Gasteiger charge is -2.22. The van der Waals surface area contributed by atoms with Crippen molar-refractivity contribution in [2.24, 2.45) is 7.05 Å². The van der Waals surface area contributed by atoms with Crippen LogP contribution in [0.3, 0.4) is 0 Å². The van der Waals surface area contributed by atoms with Gasteiger partial charge in [-0.2, -0.15) is 0 Å². The van der Waals surface area contributed by atoms with Gasteiger partial charge in [-0.15, -0.1) is 0 Å². The molecule has 1 aromatic carbocycles. The van der Waals surface area contributed by atoms with Gasteiger partial charge in [0, 0.05) is 24.6 Å². The lowest BCUT2D eigenvalue weighted by molar-refractivity contribution is 0.0928. The number of aryl methyl sites for hydroxylation is 1. The number of aromatic nitrogens is 2. The predicted molar refractivity (Wildman–Crippen MR) is 87.0 cm³/mol. The van der Waals surface area contributed by atoms with Crippen LogP contribution < -0.4 is 5.32 Å². The quantitative estimate of drug-likeness (QED) is 0.942. The maximum absolute atomic E-state index is 12.4. The van der Waals surface area contributed by atoms with Crippen LogP contribution in [0.2, 0.25) is 0 Å². The van der Waals surface area contributed by atoms with Gasteiger partial charge in [0.05, 0.1) is 11.0 Å². The topological polar surface area (TPSA) is 46.9 Å². The highest BCUT2D eigenvalue weighted by Crippen LogP contribution is 2.40. The summed E-state index contributed by atoms with van der Waals surface area (Å²) in [4.78, 5) is 17.2. The summed E-state index contributed by atoms with van der Waals surface area (Å²) in [6, 6.07) is 6.25. The van der Waals surface area contributed by atoms with E-state index >= 15 is 0 Å². The number of amides is 1. The van der Waals surface area contributed by atoms with Crippen LogP contribution in [-0.2, 0) is 7.05 Å². The average Bonchev–Trinajstić information content (AvgIpc) is 3.33. The Morgan fingerprint density at radius 3 is 2.68 bits per heavy atom. The average molecular weight is 297 g/mol. The molecule has 0 unspecified atom stereocenters. The first-order valence-electron chi connectivity index (χ1n) is 8.49. The number of nitrogens with zero attached hydrogens (tertiary/aromatic N) is 2. The molecule has 116 valence electrons. The van der Waals surface area contributed by atoms with Gasteiger partial charge in [-0.3, -0.25) is 4.79 Å². The van der Waals surface area contributed by atoms with Crippen molar-refractivity contribution < 1.29 is 4.79 Å². The van der Waals surface area contributed by atoms with E-state index in [2.05, 4.69) is 16.9 Å². The van der Waals surface area contributed by atoms with Gasteiger partial charge in [0.15, 0.2) is 0 Å². The second-order valence-corrected chi connectivity index (χ2v) is 6.82. The number of hydrogen-bond donors (Lipinski definition) is 1. The molecule has 2 aliphatic carbocycles. The lowest BCUT2D eigenvalue weighted by atomic mass is 9.95. The van der Waals surface area contributed by atoms with Gasteiger partial charge in [-0.25, -0.2) is 4.98 Å². The molecule has 0 bridgehead atoms. The number of carbonyl (C=O) groups is 1. The molecular formula is C18H23N3O. The third kappa shape index (κ3) is 2.51. The number of fused-ring (bicyclic) bond motifs is 1. The van der Waals surface area contributed by atoms with Crippen molar-refractivity contribution in [1.82, 2.24) is 14.9 Å². The van der Waals surface area contributed by atoms with Crippen LogP contribution in [0.5, 0.6) is 0 Å². The highest BCUT2D eigenvalue weighted by molar-refractivity contribution is 5.97. The van der Waals surface area contributed by atoms with Crippen LogP contribution in [0.4, 0.5) is 0 Å². The minimum Gasteiger partial charge on any atom is -0.349 e. The summed E-state index contributed by atoms with van der Waals surface area (Å²) >= 11 is 0. The maximum atomic E-state index is 12.4. The standard InChI is InChI=1S/C18H23N3O/c1-21-16-10-9-13(11-15(16)20-17(21)12-7-8-12)18(22)19-14-5-3-2-4-6-14/h9-12,14H,2-8H2,1H3,(H,19,22). The second kappa shape index (κ2) is 5.41. The number of imidazole rings is 1. The summed E-state index contributed by atoms with van der Waals surface area (Å²) in [6.07, 6.45) is 8.48. The first kappa shape index (κ1) is 13.8. The van der Waals surface area contributed by atoms with Gasteiger partial charge in [0.25, 0.3) is 5.91 Å². The Morgan fingerprint density at radius 2 is 1.95 bits per heavy atom. The Balaban J connectivity index is 1.57. The number of nitrogens with one attached hydrogen (secondary N) is 1. The van der Waals surface area contributed by atoms with E-state index in [-0.39, 0.29) is 5.91 Å². The van der Waals surface area contributed by atoms with Crippen LogP contribution in [0.15, 0.2) is 18.2 Å². The minimum atomic E-state index is 0.0485. The molecule has 2 aliphatic rings. The number of carbonyl (C=O) groups excluding carboxylic acids is 1. The van der Waals surface area contributed by atoms with E-state index in [1.54, 1.807) is 0 Å². The zero-order valence-electron chi connectivity index (χ0n) is 13.1. The minimum absolute atomic E-state index is 0.0485.